The van der Waals surface area contributed by atoms with Crippen LogP contribution in [0, 0.1) is 0 Å². The van der Waals surface area contributed by atoms with Crippen LogP contribution in [0.15, 0.2) is 76.1 Å². The van der Waals surface area contributed by atoms with Crippen LogP contribution < -0.4 is 5.43 Å². The molecule has 0 spiro atoms. The smallest absolute Gasteiger partial charge is 0.337 e. The molecule has 0 aliphatic carbocycles. The van der Waals surface area contributed by atoms with Gasteiger partial charge in [-0.1, -0.05) is 42.5 Å². The summed E-state index contributed by atoms with van der Waals surface area (Å²) in [4.78, 5) is 24.6. The van der Waals surface area contributed by atoms with E-state index < -0.39 is 5.97 Å². The Morgan fingerprint density at radius 1 is 0.960 bits per heavy atom. The van der Waals surface area contributed by atoms with Gasteiger partial charge in [-0.3, -0.25) is 4.79 Å². The van der Waals surface area contributed by atoms with Gasteiger partial charge in [0, 0.05) is 0 Å². The lowest BCUT2D eigenvalue weighted by atomic mass is 10.0. The summed E-state index contributed by atoms with van der Waals surface area (Å²) < 4.78 is 10.4. The predicted octanol–water partition coefficient (Wildman–Crippen LogP) is 4.40. The first-order valence-corrected chi connectivity index (χ1v) is 7.81. The van der Waals surface area contributed by atoms with Crippen molar-refractivity contribution in [1.82, 2.24) is 0 Å². The molecule has 0 unspecified atom stereocenters. The fourth-order valence-corrected chi connectivity index (χ4v) is 3.00. The van der Waals surface area contributed by atoms with Crippen molar-refractivity contribution in [2.75, 3.05) is 7.11 Å². The lowest BCUT2D eigenvalue weighted by molar-refractivity contribution is 0.0601. The van der Waals surface area contributed by atoms with Crippen LogP contribution in [0.2, 0.25) is 0 Å². The number of esters is 1. The molecule has 4 heteroatoms. The molecule has 0 amide bonds. The third-order valence-corrected chi connectivity index (χ3v) is 4.28. The molecule has 0 saturated heterocycles. The Morgan fingerprint density at radius 2 is 1.72 bits per heavy atom. The van der Waals surface area contributed by atoms with Gasteiger partial charge in [-0.15, -0.1) is 0 Å². The minimum absolute atomic E-state index is 0.0936. The van der Waals surface area contributed by atoms with E-state index in [1.807, 2.05) is 36.4 Å². The third kappa shape index (κ3) is 2.48. The number of fused-ring (bicyclic) bond motifs is 3. The Hall–Kier alpha value is -3.40. The topological polar surface area (TPSA) is 56.5 Å². The maximum atomic E-state index is 13.1. The number of carbonyl (C=O) groups excluding carboxylic acids is 1. The van der Waals surface area contributed by atoms with E-state index in [1.165, 1.54) is 13.4 Å². The summed E-state index contributed by atoms with van der Waals surface area (Å²) in [6, 6.07) is 18.2. The molecule has 0 aliphatic heterocycles. The molecule has 25 heavy (non-hydrogen) atoms. The van der Waals surface area contributed by atoms with Gasteiger partial charge in [-0.05, 0) is 34.5 Å². The van der Waals surface area contributed by atoms with E-state index in [1.54, 1.807) is 24.3 Å². The first kappa shape index (κ1) is 15.1. The van der Waals surface area contributed by atoms with Gasteiger partial charge in [0.05, 0.1) is 23.6 Å². The Kier molecular flexibility index (Phi) is 3.58. The predicted molar refractivity (Wildman–Crippen MR) is 96.8 cm³/mol. The zero-order chi connectivity index (χ0) is 17.4. The summed E-state index contributed by atoms with van der Waals surface area (Å²) >= 11 is 0. The number of hydrogen-bond donors (Lipinski definition) is 0. The molecule has 4 rings (SSSR count). The summed E-state index contributed by atoms with van der Waals surface area (Å²) in [7, 11) is 1.33. The van der Waals surface area contributed by atoms with Gasteiger partial charge in [0.15, 0.2) is 0 Å². The molecular formula is C21H14O4. The lowest BCUT2D eigenvalue weighted by Crippen LogP contribution is -2.06. The van der Waals surface area contributed by atoms with Crippen molar-refractivity contribution in [2.24, 2.45) is 0 Å². The number of hydrogen-bond acceptors (Lipinski definition) is 4. The number of carbonyl (C=O) groups is 1. The summed E-state index contributed by atoms with van der Waals surface area (Å²) in [6.45, 7) is 0. The Bertz CT molecular complexity index is 1150. The van der Waals surface area contributed by atoms with E-state index in [4.69, 9.17) is 9.15 Å². The van der Waals surface area contributed by atoms with Crippen LogP contribution in [0.5, 0.6) is 0 Å². The van der Waals surface area contributed by atoms with E-state index in [0.29, 0.717) is 27.7 Å². The fourth-order valence-electron chi connectivity index (χ4n) is 3.00. The molecule has 1 aromatic heterocycles. The molecule has 0 fully saturated rings. The molecule has 0 saturated carbocycles. The summed E-state index contributed by atoms with van der Waals surface area (Å²) in [6.07, 6.45) is 1.46. The second kappa shape index (κ2) is 5.91. The molecule has 0 aliphatic rings. The molecular weight excluding hydrogens is 316 g/mol. The van der Waals surface area contributed by atoms with Crippen molar-refractivity contribution in [3.8, 4) is 11.1 Å². The van der Waals surface area contributed by atoms with Gasteiger partial charge in [0.1, 0.15) is 11.8 Å². The van der Waals surface area contributed by atoms with Crippen LogP contribution >= 0.6 is 0 Å². The Balaban J connectivity index is 1.94. The number of ether oxygens (including phenoxy) is 1. The number of benzene rings is 3. The van der Waals surface area contributed by atoms with Gasteiger partial charge in [-0.25, -0.2) is 4.79 Å². The highest BCUT2D eigenvalue weighted by Gasteiger charge is 2.13. The molecule has 0 radical (unpaired) electrons. The highest BCUT2D eigenvalue weighted by molar-refractivity contribution is 6.06. The van der Waals surface area contributed by atoms with E-state index >= 15 is 0 Å². The van der Waals surface area contributed by atoms with Crippen LogP contribution in [0.1, 0.15) is 10.4 Å². The van der Waals surface area contributed by atoms with Crippen LogP contribution in [0.3, 0.4) is 0 Å². The summed E-state index contributed by atoms with van der Waals surface area (Å²) in [5.74, 6) is -0.414. The lowest BCUT2D eigenvalue weighted by Gasteiger charge is -2.06. The van der Waals surface area contributed by atoms with E-state index in [0.717, 1.165) is 10.8 Å². The van der Waals surface area contributed by atoms with Crippen LogP contribution in [-0.2, 0) is 4.74 Å². The molecule has 3 aromatic carbocycles. The molecule has 0 N–H and O–H groups in total. The van der Waals surface area contributed by atoms with E-state index in [-0.39, 0.29) is 5.43 Å². The average Bonchev–Trinajstić information content (AvgIpc) is 2.67. The van der Waals surface area contributed by atoms with Crippen molar-refractivity contribution in [1.29, 1.82) is 0 Å². The molecule has 122 valence electrons. The second-order valence-corrected chi connectivity index (χ2v) is 5.71. The van der Waals surface area contributed by atoms with Crippen LogP contribution in [0.4, 0.5) is 0 Å². The van der Waals surface area contributed by atoms with Crippen molar-refractivity contribution < 1.29 is 13.9 Å². The minimum atomic E-state index is -0.414. The van der Waals surface area contributed by atoms with Gasteiger partial charge in [0.2, 0.25) is 5.43 Å². The highest BCUT2D eigenvalue weighted by atomic mass is 16.5. The van der Waals surface area contributed by atoms with Crippen molar-refractivity contribution in [3.63, 3.8) is 0 Å². The maximum absolute atomic E-state index is 13.1. The van der Waals surface area contributed by atoms with Gasteiger partial charge >= 0.3 is 5.97 Å². The van der Waals surface area contributed by atoms with E-state index in [9.17, 15) is 9.59 Å². The zero-order valence-electron chi connectivity index (χ0n) is 13.5. The first-order chi connectivity index (χ1) is 12.2. The van der Waals surface area contributed by atoms with E-state index in [2.05, 4.69) is 0 Å². The van der Waals surface area contributed by atoms with Crippen molar-refractivity contribution in [2.45, 2.75) is 0 Å². The Labute approximate surface area is 143 Å². The minimum Gasteiger partial charge on any atom is -0.465 e. The highest BCUT2D eigenvalue weighted by Crippen LogP contribution is 2.26. The zero-order valence-corrected chi connectivity index (χ0v) is 13.5. The van der Waals surface area contributed by atoms with Crippen LogP contribution in [-0.4, -0.2) is 13.1 Å². The summed E-state index contributed by atoms with van der Waals surface area (Å²) in [5.41, 5.74) is 2.04. The number of methoxy groups -OCH3 is 1. The second-order valence-electron chi connectivity index (χ2n) is 5.71. The van der Waals surface area contributed by atoms with Crippen molar-refractivity contribution >= 4 is 27.7 Å². The molecule has 4 aromatic rings. The number of rotatable bonds is 2. The maximum Gasteiger partial charge on any atom is 0.337 e. The normalized spacial score (nSPS) is 10.9. The molecule has 4 nitrogen and oxygen atoms in total. The molecule has 0 bridgehead atoms. The standard InChI is InChI=1S/C21H14O4/c1-24-21(23)15-8-6-14(7-9-15)17-12-25-18-11-10-13-4-2-3-5-16(13)19(18)20(17)22/h2-12H,1H3. The fraction of sp³-hybridized carbons (Fsp3) is 0.0476. The Morgan fingerprint density at radius 3 is 2.48 bits per heavy atom. The van der Waals surface area contributed by atoms with Gasteiger partial charge in [-0.2, -0.15) is 0 Å². The quantitative estimate of drug-likeness (QED) is 0.404. The molecule has 1 heterocycles. The summed E-state index contributed by atoms with van der Waals surface area (Å²) in [5, 5.41) is 2.41. The monoisotopic (exact) mass is 330 g/mol. The SMILES string of the molecule is COC(=O)c1ccc(-c2coc3ccc4ccccc4c3c2=O)cc1. The van der Waals surface area contributed by atoms with Crippen molar-refractivity contribution in [3.05, 3.63) is 82.7 Å². The van der Waals surface area contributed by atoms with Gasteiger partial charge < -0.3 is 9.15 Å². The molecule has 0 atom stereocenters. The first-order valence-electron chi connectivity index (χ1n) is 7.81. The van der Waals surface area contributed by atoms with Crippen LogP contribution in [0.25, 0.3) is 32.9 Å². The average molecular weight is 330 g/mol. The third-order valence-electron chi connectivity index (χ3n) is 4.28. The van der Waals surface area contributed by atoms with Gasteiger partial charge in [0.25, 0.3) is 0 Å². The largest absolute Gasteiger partial charge is 0.465 e.